The number of carbonyl (C=O) groups is 2. The molecule has 0 saturated heterocycles. The lowest BCUT2D eigenvalue weighted by atomic mass is 9.67. The van der Waals surface area contributed by atoms with Crippen LogP contribution in [0.3, 0.4) is 0 Å². The number of nitrogens with zero attached hydrogens (tertiary/aromatic N) is 2. The maximum absolute atomic E-state index is 13.1. The number of hydrogen-bond acceptors (Lipinski definition) is 4. The number of amides is 3. The van der Waals surface area contributed by atoms with E-state index in [1.165, 1.54) is 5.56 Å². The van der Waals surface area contributed by atoms with Gasteiger partial charge in [0, 0.05) is 30.4 Å². The van der Waals surface area contributed by atoms with Crippen molar-refractivity contribution < 1.29 is 18.8 Å². The molecular weight excluding hydrogens is 482 g/mol. The largest absolute Gasteiger partial charge is 0.496 e. The second-order valence-corrected chi connectivity index (χ2v) is 10.2. The zero-order valence-electron chi connectivity index (χ0n) is 21.4. The first kappa shape index (κ1) is 26.6. The van der Waals surface area contributed by atoms with Crippen LogP contribution in [0.25, 0.3) is 0 Å². The molecular formula is C30H34N3O3S+. The highest BCUT2D eigenvalue weighted by Crippen LogP contribution is 2.42. The van der Waals surface area contributed by atoms with Gasteiger partial charge in [0.05, 0.1) is 38.2 Å². The van der Waals surface area contributed by atoms with Crippen LogP contribution in [0.15, 0.2) is 89.3 Å². The van der Waals surface area contributed by atoms with Crippen molar-refractivity contribution in [2.24, 2.45) is 4.36 Å². The lowest BCUT2D eigenvalue weighted by Gasteiger charge is -2.45. The van der Waals surface area contributed by atoms with Crippen LogP contribution >= 0.6 is 0 Å². The average Bonchev–Trinajstić information content (AvgIpc) is 2.96. The normalized spacial score (nSPS) is 20.9. The molecule has 0 aromatic heterocycles. The lowest BCUT2D eigenvalue weighted by Crippen LogP contribution is -2.57. The van der Waals surface area contributed by atoms with E-state index in [0.29, 0.717) is 24.4 Å². The van der Waals surface area contributed by atoms with E-state index in [-0.39, 0.29) is 27.9 Å². The van der Waals surface area contributed by atoms with E-state index in [4.69, 9.17) is 17.2 Å². The molecule has 0 radical (unpaired) electrons. The Balaban J connectivity index is 1.56. The summed E-state index contributed by atoms with van der Waals surface area (Å²) < 4.78 is 9.23. The summed E-state index contributed by atoms with van der Waals surface area (Å²) in [5.41, 5.74) is 2.57. The number of ether oxygens (including phenoxy) is 1. The third-order valence-electron chi connectivity index (χ3n) is 7.91. The minimum Gasteiger partial charge on any atom is -0.496 e. The summed E-state index contributed by atoms with van der Waals surface area (Å²) in [7, 11) is 3.52. The molecule has 1 unspecified atom stereocenters. The molecule has 1 saturated carbocycles. The minimum atomic E-state index is -0.277. The fraction of sp³-hybridized carbons (Fsp3) is 0.333. The number of quaternary nitrogens is 1. The Kier molecular flexibility index (Phi) is 8.46. The SMILES string of the molecule is COc1ccccc1C(=O)NC[C@]1(c2ccccc2)CC[C@@H]([N+](C)(Cc2ccccc2)C(=O)N=S)CC1. The quantitative estimate of drug-likeness (QED) is 0.384. The fourth-order valence-electron chi connectivity index (χ4n) is 5.67. The lowest BCUT2D eigenvalue weighted by molar-refractivity contribution is -0.870. The molecule has 37 heavy (non-hydrogen) atoms. The van der Waals surface area contributed by atoms with Gasteiger partial charge in [-0.25, -0.2) is 9.28 Å². The van der Waals surface area contributed by atoms with Gasteiger partial charge in [-0.15, -0.1) is 0 Å². The van der Waals surface area contributed by atoms with Gasteiger partial charge >= 0.3 is 6.03 Å². The van der Waals surface area contributed by atoms with E-state index in [1.54, 1.807) is 19.2 Å². The minimum absolute atomic E-state index is 0.0844. The smallest absolute Gasteiger partial charge is 0.454 e. The molecule has 0 heterocycles. The number of carbonyl (C=O) groups excluding carboxylic acids is 2. The summed E-state index contributed by atoms with van der Waals surface area (Å²) >= 11 is 4.87. The Morgan fingerprint density at radius 3 is 2.19 bits per heavy atom. The molecule has 3 aromatic rings. The number of urea groups is 1. The van der Waals surface area contributed by atoms with Crippen molar-refractivity contribution in [2.45, 2.75) is 43.7 Å². The first-order chi connectivity index (χ1) is 17.9. The predicted molar refractivity (Wildman–Crippen MR) is 147 cm³/mol. The number of benzene rings is 3. The molecule has 7 heteroatoms. The maximum atomic E-state index is 13.1. The molecule has 3 aromatic carbocycles. The van der Waals surface area contributed by atoms with Gasteiger partial charge in [0.25, 0.3) is 5.91 Å². The van der Waals surface area contributed by atoms with Gasteiger partial charge in [-0.2, -0.15) is 0 Å². The van der Waals surface area contributed by atoms with Crippen LogP contribution in [0.5, 0.6) is 5.75 Å². The van der Waals surface area contributed by atoms with Crippen molar-refractivity contribution in [1.29, 1.82) is 0 Å². The molecule has 6 nitrogen and oxygen atoms in total. The number of nitrogens with one attached hydrogen (secondary N) is 1. The summed E-state index contributed by atoms with van der Waals surface area (Å²) in [5, 5.41) is 3.18. The van der Waals surface area contributed by atoms with Gasteiger partial charge in [0.2, 0.25) is 0 Å². The molecule has 4 rings (SSSR count). The molecule has 1 fully saturated rings. The Bertz CT molecular complexity index is 1230. The van der Waals surface area contributed by atoms with Crippen molar-refractivity contribution in [2.75, 3.05) is 20.7 Å². The second kappa shape index (κ2) is 11.8. The molecule has 192 valence electrons. The van der Waals surface area contributed by atoms with E-state index in [0.717, 1.165) is 31.2 Å². The Morgan fingerprint density at radius 2 is 1.57 bits per heavy atom. The summed E-state index contributed by atoms with van der Waals surface area (Å²) in [6, 6.07) is 27.4. The summed E-state index contributed by atoms with van der Waals surface area (Å²) in [6.07, 6.45) is 3.31. The third kappa shape index (κ3) is 5.78. The van der Waals surface area contributed by atoms with E-state index in [2.05, 4.69) is 21.8 Å². The molecule has 1 N–H and O–H groups in total. The van der Waals surface area contributed by atoms with E-state index >= 15 is 0 Å². The third-order valence-corrected chi connectivity index (χ3v) is 8.07. The highest BCUT2D eigenvalue weighted by atomic mass is 32.1. The molecule has 1 aliphatic carbocycles. The molecule has 0 bridgehead atoms. The van der Waals surface area contributed by atoms with Crippen molar-refractivity contribution in [3.8, 4) is 5.75 Å². The molecule has 1 atom stereocenters. The maximum Gasteiger partial charge on any atom is 0.454 e. The Morgan fingerprint density at radius 1 is 0.973 bits per heavy atom. The monoisotopic (exact) mass is 516 g/mol. The number of hydrogen-bond donors (Lipinski definition) is 1. The first-order valence-corrected chi connectivity index (χ1v) is 13.0. The van der Waals surface area contributed by atoms with Crippen molar-refractivity contribution in [3.05, 3.63) is 102 Å². The average molecular weight is 517 g/mol. The molecule has 0 spiro atoms. The first-order valence-electron chi connectivity index (χ1n) is 12.7. The molecule has 3 amide bonds. The van der Waals surface area contributed by atoms with Crippen LogP contribution < -0.4 is 10.1 Å². The van der Waals surface area contributed by atoms with Gasteiger partial charge in [0.15, 0.2) is 0 Å². The van der Waals surface area contributed by atoms with Crippen LogP contribution in [0.1, 0.15) is 47.2 Å². The molecule has 1 aliphatic rings. The number of rotatable bonds is 8. The second-order valence-electron chi connectivity index (χ2n) is 10.0. The van der Waals surface area contributed by atoms with Crippen LogP contribution in [-0.2, 0) is 24.4 Å². The zero-order chi connectivity index (χ0) is 26.3. The summed E-state index contributed by atoms with van der Waals surface area (Å²) in [4.78, 5) is 26.2. The molecule has 0 aliphatic heterocycles. The van der Waals surface area contributed by atoms with Crippen LogP contribution in [0.2, 0.25) is 0 Å². The van der Waals surface area contributed by atoms with E-state index < -0.39 is 0 Å². The van der Waals surface area contributed by atoms with Crippen molar-refractivity contribution in [1.82, 2.24) is 5.32 Å². The zero-order valence-corrected chi connectivity index (χ0v) is 22.2. The van der Waals surface area contributed by atoms with Crippen LogP contribution in [0.4, 0.5) is 4.79 Å². The van der Waals surface area contributed by atoms with Gasteiger partial charge in [-0.05, 0) is 30.5 Å². The van der Waals surface area contributed by atoms with Crippen LogP contribution in [0, 0.1) is 0 Å². The summed E-state index contributed by atoms with van der Waals surface area (Å²) in [6.45, 7) is 1.05. The van der Waals surface area contributed by atoms with E-state index in [1.807, 2.05) is 67.7 Å². The number of para-hydroxylation sites is 1. The highest BCUT2D eigenvalue weighted by Gasteiger charge is 2.47. The van der Waals surface area contributed by atoms with E-state index in [9.17, 15) is 9.59 Å². The Labute approximate surface area is 224 Å². The van der Waals surface area contributed by atoms with Gasteiger partial charge in [-0.1, -0.05) is 77.2 Å². The van der Waals surface area contributed by atoms with Crippen molar-refractivity contribution in [3.63, 3.8) is 0 Å². The van der Waals surface area contributed by atoms with Crippen molar-refractivity contribution >= 4 is 24.4 Å². The highest BCUT2D eigenvalue weighted by molar-refractivity contribution is 7.47. The fourth-order valence-corrected chi connectivity index (χ4v) is 5.86. The number of methoxy groups -OCH3 is 1. The van der Waals surface area contributed by atoms with Crippen LogP contribution in [-0.4, -0.2) is 43.2 Å². The predicted octanol–water partition coefficient (Wildman–Crippen LogP) is 5.80. The topological polar surface area (TPSA) is 67.8 Å². The van der Waals surface area contributed by atoms with Gasteiger partial charge in [-0.3, -0.25) is 4.79 Å². The standard InChI is InChI=1S/C30H33N3O3S/c1-33(29(35)32-37,21-23-11-5-3-6-12-23)25-17-19-30(20-18-25,24-13-7-4-8-14-24)22-31-28(34)26-15-9-10-16-27(26)36-2/h3-16,25H,17-22H2,1-2H3/p+1/t25-,30+,33?. The van der Waals surface area contributed by atoms with Gasteiger partial charge < -0.3 is 10.1 Å². The Hall–Kier alpha value is -3.42. The van der Waals surface area contributed by atoms with Gasteiger partial charge in [0.1, 0.15) is 12.3 Å². The summed E-state index contributed by atoms with van der Waals surface area (Å²) in [5.74, 6) is 0.400.